The van der Waals surface area contributed by atoms with Gasteiger partial charge in [-0.2, -0.15) is 0 Å². The smallest absolute Gasteiger partial charge is 0.110 e. The Hall–Kier alpha value is -1.54. The second-order valence-electron chi connectivity index (χ2n) is 6.13. The van der Waals surface area contributed by atoms with E-state index in [0.29, 0.717) is 6.61 Å². The summed E-state index contributed by atoms with van der Waals surface area (Å²) in [6.07, 6.45) is 3.98. The van der Waals surface area contributed by atoms with Crippen molar-refractivity contribution in [1.29, 1.82) is 0 Å². The molecule has 2 heteroatoms. The minimum Gasteiger partial charge on any atom is -0.469 e. The molecule has 2 nitrogen and oxygen atoms in total. The van der Waals surface area contributed by atoms with Gasteiger partial charge in [-0.05, 0) is 23.5 Å². The Kier molecular flexibility index (Phi) is 3.19. The normalized spacial score (nSPS) is 21.1. The van der Waals surface area contributed by atoms with Crippen LogP contribution in [0.4, 0.5) is 0 Å². The lowest BCUT2D eigenvalue weighted by atomic mass is 9.76. The number of benzene rings is 1. The quantitative estimate of drug-likeness (QED) is 0.806. The van der Waals surface area contributed by atoms with Gasteiger partial charge in [-0.3, -0.25) is 0 Å². The van der Waals surface area contributed by atoms with Crippen LogP contribution in [0.2, 0.25) is 0 Å². The van der Waals surface area contributed by atoms with Crippen molar-refractivity contribution in [3.05, 3.63) is 59.5 Å². The zero-order valence-corrected chi connectivity index (χ0v) is 11.6. The van der Waals surface area contributed by atoms with E-state index in [-0.39, 0.29) is 11.5 Å². The van der Waals surface area contributed by atoms with Gasteiger partial charge in [0.1, 0.15) is 5.76 Å². The van der Waals surface area contributed by atoms with Crippen molar-refractivity contribution in [3.8, 4) is 0 Å². The van der Waals surface area contributed by atoms with Crippen LogP contribution in [0.15, 0.2) is 47.1 Å². The van der Waals surface area contributed by atoms with Crippen LogP contribution in [-0.4, -0.2) is 0 Å². The Labute approximate surface area is 114 Å². The van der Waals surface area contributed by atoms with Gasteiger partial charge in [0.25, 0.3) is 0 Å². The van der Waals surface area contributed by atoms with E-state index in [1.807, 2.05) is 18.2 Å². The summed E-state index contributed by atoms with van der Waals surface area (Å²) in [5, 5.41) is 0. The molecule has 1 aromatic heterocycles. The molecule has 0 bridgehead atoms. The van der Waals surface area contributed by atoms with E-state index in [1.165, 1.54) is 11.1 Å². The summed E-state index contributed by atoms with van der Waals surface area (Å²) in [5.41, 5.74) is 2.69. The van der Waals surface area contributed by atoms with Gasteiger partial charge in [0.2, 0.25) is 0 Å². The average molecular weight is 256 g/mol. The van der Waals surface area contributed by atoms with Crippen molar-refractivity contribution >= 4 is 0 Å². The molecule has 0 amide bonds. The van der Waals surface area contributed by atoms with Gasteiger partial charge in [0.15, 0.2) is 0 Å². The summed E-state index contributed by atoms with van der Waals surface area (Å²) < 4.78 is 11.7. The predicted molar refractivity (Wildman–Crippen MR) is 74.8 cm³/mol. The first-order valence-electron chi connectivity index (χ1n) is 6.86. The SMILES string of the molecule is CC1(C)Cc2occc2C(OCc2ccccc2)C1. The van der Waals surface area contributed by atoms with Crippen LogP contribution in [0, 0.1) is 5.41 Å². The first-order valence-corrected chi connectivity index (χ1v) is 6.86. The number of ether oxygens (including phenoxy) is 1. The third kappa shape index (κ3) is 2.74. The second-order valence-corrected chi connectivity index (χ2v) is 6.13. The summed E-state index contributed by atoms with van der Waals surface area (Å²) in [6, 6.07) is 12.4. The average Bonchev–Trinajstić information content (AvgIpc) is 2.83. The van der Waals surface area contributed by atoms with Gasteiger partial charge >= 0.3 is 0 Å². The Balaban J connectivity index is 1.75. The first-order chi connectivity index (χ1) is 9.14. The van der Waals surface area contributed by atoms with Crippen molar-refractivity contribution in [1.82, 2.24) is 0 Å². The van der Waals surface area contributed by atoms with Gasteiger partial charge in [-0.15, -0.1) is 0 Å². The fraction of sp³-hybridized carbons (Fsp3) is 0.412. The fourth-order valence-corrected chi connectivity index (χ4v) is 2.82. The van der Waals surface area contributed by atoms with Crippen LogP contribution >= 0.6 is 0 Å². The number of rotatable bonds is 3. The summed E-state index contributed by atoms with van der Waals surface area (Å²) in [6.45, 7) is 5.21. The van der Waals surface area contributed by atoms with Crippen molar-refractivity contribution in [2.45, 2.75) is 39.4 Å². The molecule has 100 valence electrons. The third-order valence-corrected chi connectivity index (χ3v) is 3.80. The molecule has 0 radical (unpaired) electrons. The highest BCUT2D eigenvalue weighted by Gasteiger charge is 2.34. The third-order valence-electron chi connectivity index (χ3n) is 3.80. The van der Waals surface area contributed by atoms with Crippen molar-refractivity contribution < 1.29 is 9.15 Å². The molecular weight excluding hydrogens is 236 g/mol. The fourth-order valence-electron chi connectivity index (χ4n) is 2.82. The molecule has 19 heavy (non-hydrogen) atoms. The monoisotopic (exact) mass is 256 g/mol. The molecule has 1 unspecified atom stereocenters. The summed E-state index contributed by atoms with van der Waals surface area (Å²) in [4.78, 5) is 0. The molecule has 1 aliphatic rings. The van der Waals surface area contributed by atoms with E-state index < -0.39 is 0 Å². The maximum Gasteiger partial charge on any atom is 0.110 e. The molecule has 1 aliphatic carbocycles. The molecule has 0 fully saturated rings. The van der Waals surface area contributed by atoms with Gasteiger partial charge in [-0.1, -0.05) is 44.2 Å². The largest absolute Gasteiger partial charge is 0.469 e. The minimum atomic E-state index is 0.151. The van der Waals surface area contributed by atoms with Crippen molar-refractivity contribution in [2.75, 3.05) is 0 Å². The van der Waals surface area contributed by atoms with E-state index in [2.05, 4.69) is 32.0 Å². The molecule has 1 heterocycles. The Bertz CT molecular complexity index is 539. The maximum absolute atomic E-state index is 6.13. The van der Waals surface area contributed by atoms with Crippen LogP contribution < -0.4 is 0 Å². The zero-order valence-electron chi connectivity index (χ0n) is 11.6. The maximum atomic E-state index is 6.13. The summed E-state index contributed by atoms with van der Waals surface area (Å²) in [5.74, 6) is 1.09. The molecule has 0 saturated carbocycles. The lowest BCUT2D eigenvalue weighted by Crippen LogP contribution is -2.26. The molecule has 0 aliphatic heterocycles. The van der Waals surface area contributed by atoms with Gasteiger partial charge < -0.3 is 9.15 Å². The Morgan fingerprint density at radius 2 is 2.00 bits per heavy atom. The summed E-state index contributed by atoms with van der Waals surface area (Å²) >= 11 is 0. The second kappa shape index (κ2) is 4.86. The molecule has 0 saturated heterocycles. The molecule has 1 aromatic carbocycles. The Morgan fingerprint density at radius 3 is 2.79 bits per heavy atom. The van der Waals surface area contributed by atoms with E-state index >= 15 is 0 Å². The minimum absolute atomic E-state index is 0.151. The van der Waals surface area contributed by atoms with E-state index in [4.69, 9.17) is 9.15 Å². The first kappa shape index (κ1) is 12.5. The molecule has 3 rings (SSSR count). The lowest BCUT2D eigenvalue weighted by Gasteiger charge is -2.34. The molecule has 2 aromatic rings. The highest BCUT2D eigenvalue weighted by atomic mass is 16.5. The lowest BCUT2D eigenvalue weighted by molar-refractivity contribution is -0.000925. The highest BCUT2D eigenvalue weighted by molar-refractivity contribution is 5.25. The number of hydrogen-bond acceptors (Lipinski definition) is 2. The van der Waals surface area contributed by atoms with E-state index in [0.717, 1.165) is 18.6 Å². The predicted octanol–water partition coefficient (Wildman–Crippen LogP) is 4.51. The van der Waals surface area contributed by atoms with Gasteiger partial charge in [-0.25, -0.2) is 0 Å². The van der Waals surface area contributed by atoms with Gasteiger partial charge in [0.05, 0.1) is 19.0 Å². The van der Waals surface area contributed by atoms with Crippen LogP contribution in [0.1, 0.15) is 43.3 Å². The van der Waals surface area contributed by atoms with E-state index in [1.54, 1.807) is 6.26 Å². The number of furan rings is 1. The summed E-state index contributed by atoms with van der Waals surface area (Å²) in [7, 11) is 0. The van der Waals surface area contributed by atoms with Crippen LogP contribution in [0.5, 0.6) is 0 Å². The molecule has 1 atom stereocenters. The highest BCUT2D eigenvalue weighted by Crippen LogP contribution is 2.43. The topological polar surface area (TPSA) is 22.4 Å². The number of hydrogen-bond donors (Lipinski definition) is 0. The van der Waals surface area contributed by atoms with Crippen molar-refractivity contribution in [3.63, 3.8) is 0 Å². The Morgan fingerprint density at radius 1 is 1.21 bits per heavy atom. The van der Waals surface area contributed by atoms with Gasteiger partial charge in [0, 0.05) is 12.0 Å². The van der Waals surface area contributed by atoms with Crippen LogP contribution in [0.25, 0.3) is 0 Å². The van der Waals surface area contributed by atoms with Crippen LogP contribution in [-0.2, 0) is 17.8 Å². The standard InChI is InChI=1S/C17H20O2/c1-17(2)10-15-14(8-9-18-15)16(11-17)19-12-13-6-4-3-5-7-13/h3-9,16H,10-12H2,1-2H3. The van der Waals surface area contributed by atoms with Crippen LogP contribution in [0.3, 0.4) is 0 Å². The number of fused-ring (bicyclic) bond motifs is 1. The van der Waals surface area contributed by atoms with Crippen molar-refractivity contribution in [2.24, 2.45) is 5.41 Å². The molecule has 0 N–H and O–H groups in total. The molecule has 0 spiro atoms. The van der Waals surface area contributed by atoms with E-state index in [9.17, 15) is 0 Å². The molecular formula is C17H20O2. The zero-order chi connectivity index (χ0) is 13.3.